The highest BCUT2D eigenvalue weighted by Crippen LogP contribution is 2.21. The van der Waals surface area contributed by atoms with Gasteiger partial charge in [-0.15, -0.1) is 0 Å². The Hall–Kier alpha value is -2.21. The van der Waals surface area contributed by atoms with Crippen LogP contribution in [0.1, 0.15) is 55.2 Å². The highest BCUT2D eigenvalue weighted by molar-refractivity contribution is 5.95. The molecule has 6 heteroatoms. The van der Waals surface area contributed by atoms with Gasteiger partial charge in [-0.2, -0.15) is 5.10 Å². The summed E-state index contributed by atoms with van der Waals surface area (Å²) in [5, 5.41) is 17.7. The van der Waals surface area contributed by atoms with Gasteiger partial charge in [0.1, 0.15) is 11.4 Å². The minimum atomic E-state index is -1.29. The van der Waals surface area contributed by atoms with Crippen molar-refractivity contribution in [1.82, 2.24) is 15.1 Å². The smallest absolute Gasteiger partial charge is 0.254 e. The molecule has 0 spiro atoms. The first-order valence-electron chi connectivity index (χ1n) is 8.08. The van der Waals surface area contributed by atoms with E-state index in [0.29, 0.717) is 17.7 Å². The van der Waals surface area contributed by atoms with Crippen LogP contribution in [0.4, 0.5) is 4.39 Å². The van der Waals surface area contributed by atoms with Gasteiger partial charge in [0.2, 0.25) is 0 Å². The number of hydrogen-bond acceptors (Lipinski definition) is 3. The maximum Gasteiger partial charge on any atom is 0.254 e. The van der Waals surface area contributed by atoms with Crippen LogP contribution in [0, 0.1) is 5.82 Å². The fourth-order valence-electron chi connectivity index (χ4n) is 2.46. The van der Waals surface area contributed by atoms with E-state index in [1.165, 1.54) is 24.3 Å². The summed E-state index contributed by atoms with van der Waals surface area (Å²) < 4.78 is 14.7. The topological polar surface area (TPSA) is 67.2 Å². The largest absolute Gasteiger partial charge is 0.384 e. The molecular weight excluding hydrogens is 309 g/mol. The highest BCUT2D eigenvalue weighted by atomic mass is 19.1. The molecule has 1 heterocycles. The van der Waals surface area contributed by atoms with Crippen molar-refractivity contribution in [3.63, 3.8) is 0 Å². The minimum Gasteiger partial charge on any atom is -0.384 e. The fourth-order valence-corrected chi connectivity index (χ4v) is 2.46. The van der Waals surface area contributed by atoms with E-state index in [1.807, 2.05) is 20.8 Å². The number of rotatable bonds is 6. The van der Waals surface area contributed by atoms with Crippen LogP contribution in [0.3, 0.4) is 0 Å². The van der Waals surface area contributed by atoms with Crippen molar-refractivity contribution in [1.29, 1.82) is 0 Å². The maximum absolute atomic E-state index is 13.0. The Balaban J connectivity index is 2.12. The fraction of sp³-hybridized carbons (Fsp3) is 0.444. The van der Waals surface area contributed by atoms with Crippen LogP contribution in [0.2, 0.25) is 0 Å². The summed E-state index contributed by atoms with van der Waals surface area (Å²) in [4.78, 5) is 12.5. The predicted octanol–water partition coefficient (Wildman–Crippen LogP) is 2.80. The molecule has 1 amide bonds. The second-order valence-corrected chi connectivity index (χ2v) is 6.40. The summed E-state index contributed by atoms with van der Waals surface area (Å²) in [7, 11) is 0. The predicted molar refractivity (Wildman–Crippen MR) is 90.3 cm³/mol. The highest BCUT2D eigenvalue weighted by Gasteiger charge is 2.25. The van der Waals surface area contributed by atoms with Crippen molar-refractivity contribution in [3.8, 4) is 0 Å². The molecule has 0 saturated heterocycles. The zero-order valence-electron chi connectivity index (χ0n) is 14.5. The van der Waals surface area contributed by atoms with Crippen LogP contribution >= 0.6 is 0 Å². The summed E-state index contributed by atoms with van der Waals surface area (Å²) >= 11 is 0. The average molecular weight is 333 g/mol. The van der Waals surface area contributed by atoms with Gasteiger partial charge < -0.3 is 10.4 Å². The van der Waals surface area contributed by atoms with Crippen molar-refractivity contribution in [3.05, 3.63) is 53.1 Å². The normalized spacial score (nSPS) is 13.8. The van der Waals surface area contributed by atoms with Crippen LogP contribution < -0.4 is 5.32 Å². The molecule has 0 aliphatic heterocycles. The van der Waals surface area contributed by atoms with Gasteiger partial charge in [0, 0.05) is 12.7 Å². The quantitative estimate of drug-likeness (QED) is 0.854. The van der Waals surface area contributed by atoms with Crippen molar-refractivity contribution in [2.24, 2.45) is 0 Å². The molecule has 5 nitrogen and oxygen atoms in total. The third-order valence-corrected chi connectivity index (χ3v) is 3.97. The molecule has 2 aromatic rings. The van der Waals surface area contributed by atoms with E-state index in [4.69, 9.17) is 0 Å². The number of nitrogens with zero attached hydrogens (tertiary/aromatic N) is 2. The van der Waals surface area contributed by atoms with Gasteiger partial charge >= 0.3 is 0 Å². The Labute approximate surface area is 141 Å². The molecule has 24 heavy (non-hydrogen) atoms. The van der Waals surface area contributed by atoms with Gasteiger partial charge in [0.05, 0.1) is 17.8 Å². The Morgan fingerprint density at radius 3 is 2.54 bits per heavy atom. The molecule has 0 aliphatic carbocycles. The summed E-state index contributed by atoms with van der Waals surface area (Å²) in [6, 6.07) is 5.59. The molecule has 130 valence electrons. The lowest BCUT2D eigenvalue weighted by atomic mass is 9.96. The first-order valence-corrected chi connectivity index (χ1v) is 8.08. The molecule has 1 aromatic carbocycles. The molecule has 0 bridgehead atoms. The van der Waals surface area contributed by atoms with E-state index in [9.17, 15) is 14.3 Å². The molecule has 0 fully saturated rings. The van der Waals surface area contributed by atoms with E-state index >= 15 is 0 Å². The van der Waals surface area contributed by atoms with E-state index < -0.39 is 5.60 Å². The summed E-state index contributed by atoms with van der Waals surface area (Å²) in [6.45, 7) is 8.20. The van der Waals surface area contributed by atoms with Gasteiger partial charge in [-0.05, 0) is 37.5 Å². The van der Waals surface area contributed by atoms with Crippen LogP contribution in [0.5, 0.6) is 0 Å². The number of aliphatic hydroxyl groups is 1. The second kappa shape index (κ2) is 7.13. The third-order valence-electron chi connectivity index (χ3n) is 3.97. The van der Waals surface area contributed by atoms with Gasteiger partial charge in [-0.3, -0.25) is 9.48 Å². The van der Waals surface area contributed by atoms with Gasteiger partial charge in [0.15, 0.2) is 0 Å². The molecular formula is C18H24FN3O2. The van der Waals surface area contributed by atoms with Crippen LogP contribution in [-0.2, 0) is 12.1 Å². The van der Waals surface area contributed by atoms with Crippen molar-refractivity contribution < 1.29 is 14.3 Å². The molecule has 1 atom stereocenters. The average Bonchev–Trinajstić information content (AvgIpc) is 2.98. The number of benzene rings is 1. The van der Waals surface area contributed by atoms with Crippen LogP contribution in [0.25, 0.3) is 0 Å². The first-order chi connectivity index (χ1) is 11.2. The molecule has 0 radical (unpaired) electrons. The number of hydrogen-bond donors (Lipinski definition) is 2. The van der Waals surface area contributed by atoms with E-state index in [0.717, 1.165) is 5.69 Å². The lowest BCUT2D eigenvalue weighted by Gasteiger charge is -2.24. The Morgan fingerprint density at radius 1 is 1.38 bits per heavy atom. The van der Waals surface area contributed by atoms with Gasteiger partial charge in [0.25, 0.3) is 5.91 Å². The summed E-state index contributed by atoms with van der Waals surface area (Å²) in [5.74, 6) is -0.524. The Morgan fingerprint density at radius 2 is 2.00 bits per heavy atom. The SMILES string of the molecule is CCn1cc(C(=O)NCC(C)(O)c2ccc(F)cc2)c(C(C)C)n1. The standard InChI is InChI=1S/C18H24FN3O2/c1-5-22-10-15(16(21-22)12(2)3)17(23)20-11-18(4,24)13-6-8-14(19)9-7-13/h6-10,12,24H,5,11H2,1-4H3,(H,20,23). The number of nitrogens with one attached hydrogen (secondary N) is 1. The molecule has 0 saturated carbocycles. The summed E-state index contributed by atoms with van der Waals surface area (Å²) in [6.07, 6.45) is 1.72. The Bertz CT molecular complexity index is 706. The lowest BCUT2D eigenvalue weighted by molar-refractivity contribution is 0.0525. The van der Waals surface area contributed by atoms with Crippen molar-refractivity contribution in [2.75, 3.05) is 6.54 Å². The molecule has 1 unspecified atom stereocenters. The minimum absolute atomic E-state index is 0.0201. The van der Waals surface area contributed by atoms with Crippen LogP contribution in [0.15, 0.2) is 30.5 Å². The van der Waals surface area contributed by atoms with Gasteiger partial charge in [-0.25, -0.2) is 4.39 Å². The van der Waals surface area contributed by atoms with Crippen LogP contribution in [-0.4, -0.2) is 27.3 Å². The number of carbonyl (C=O) groups is 1. The second-order valence-electron chi connectivity index (χ2n) is 6.40. The molecule has 2 rings (SSSR count). The molecule has 0 aliphatic rings. The third kappa shape index (κ3) is 4.00. The zero-order chi connectivity index (χ0) is 17.9. The molecule has 2 N–H and O–H groups in total. The number of halogens is 1. The number of aromatic nitrogens is 2. The molecule has 1 aromatic heterocycles. The lowest BCUT2D eigenvalue weighted by Crippen LogP contribution is -2.38. The van der Waals surface area contributed by atoms with Gasteiger partial charge in [-0.1, -0.05) is 26.0 Å². The summed E-state index contributed by atoms with van der Waals surface area (Å²) in [5.41, 5.74) is 0.498. The number of aryl methyl sites for hydroxylation is 1. The monoisotopic (exact) mass is 333 g/mol. The van der Waals surface area contributed by atoms with E-state index in [1.54, 1.807) is 17.8 Å². The zero-order valence-corrected chi connectivity index (χ0v) is 14.5. The van der Waals surface area contributed by atoms with Crippen molar-refractivity contribution >= 4 is 5.91 Å². The van der Waals surface area contributed by atoms with E-state index in [-0.39, 0.29) is 24.2 Å². The van der Waals surface area contributed by atoms with Crippen molar-refractivity contribution in [2.45, 2.75) is 45.8 Å². The first kappa shape index (κ1) is 18.1. The Kier molecular flexibility index (Phi) is 5.39. The number of carbonyl (C=O) groups excluding carboxylic acids is 1. The maximum atomic E-state index is 13.0. The van der Waals surface area contributed by atoms with E-state index in [2.05, 4.69) is 10.4 Å². The number of amides is 1.